The van der Waals surface area contributed by atoms with Crippen molar-refractivity contribution < 1.29 is 12.8 Å². The summed E-state index contributed by atoms with van der Waals surface area (Å²) in [6.45, 7) is 0. The van der Waals surface area contributed by atoms with E-state index in [1.165, 1.54) is 12.1 Å². The van der Waals surface area contributed by atoms with Crippen molar-refractivity contribution in [3.8, 4) is 0 Å². The maximum Gasteiger partial charge on any atom is 0.284 e. The number of amidine groups is 1. The summed E-state index contributed by atoms with van der Waals surface area (Å²) in [5.74, 6) is -0.919. The zero-order chi connectivity index (χ0) is 15.6. The van der Waals surface area contributed by atoms with Crippen molar-refractivity contribution in [1.82, 2.24) is 0 Å². The van der Waals surface area contributed by atoms with E-state index in [2.05, 4.69) is 4.40 Å². The average Bonchev–Trinajstić information content (AvgIpc) is 2.42. The van der Waals surface area contributed by atoms with Gasteiger partial charge in [0.2, 0.25) is 0 Å². The second kappa shape index (κ2) is 6.01. The molecule has 0 aliphatic carbocycles. The first-order valence-corrected chi connectivity index (χ1v) is 7.80. The largest absolute Gasteiger partial charge is 0.383 e. The molecule has 0 aromatic heterocycles. The molecule has 0 atom stereocenters. The van der Waals surface area contributed by atoms with Crippen LogP contribution >= 0.6 is 23.2 Å². The van der Waals surface area contributed by atoms with Gasteiger partial charge in [-0.05, 0) is 42.5 Å². The van der Waals surface area contributed by atoms with E-state index in [0.29, 0.717) is 10.6 Å². The topological polar surface area (TPSA) is 72.5 Å². The van der Waals surface area contributed by atoms with Gasteiger partial charge in [0.1, 0.15) is 11.7 Å². The van der Waals surface area contributed by atoms with Gasteiger partial charge in [-0.2, -0.15) is 8.42 Å². The summed E-state index contributed by atoms with van der Waals surface area (Å²) in [5, 5.41) is 0.177. The number of hydrogen-bond donors (Lipinski definition) is 1. The average molecular weight is 347 g/mol. The van der Waals surface area contributed by atoms with Gasteiger partial charge in [-0.25, -0.2) is 4.39 Å². The van der Waals surface area contributed by atoms with E-state index in [1.54, 1.807) is 12.1 Å². The standard InChI is InChI=1S/C13H9Cl2FN2O2S/c14-9-3-1-8(2-4-9)13(17)18-21(19,20)10-5-6-12(16)11(15)7-10/h1-7H,(H2,17,18). The Morgan fingerprint density at radius 1 is 1.10 bits per heavy atom. The fourth-order valence-electron chi connectivity index (χ4n) is 1.49. The molecule has 2 aromatic rings. The van der Waals surface area contributed by atoms with E-state index in [1.807, 2.05) is 0 Å². The molecule has 2 aromatic carbocycles. The molecule has 21 heavy (non-hydrogen) atoms. The summed E-state index contributed by atoms with van der Waals surface area (Å²) >= 11 is 11.3. The van der Waals surface area contributed by atoms with Gasteiger partial charge in [0.15, 0.2) is 0 Å². The van der Waals surface area contributed by atoms with E-state index in [0.717, 1.165) is 18.2 Å². The van der Waals surface area contributed by atoms with Crippen molar-refractivity contribution in [2.75, 3.05) is 0 Å². The highest BCUT2D eigenvalue weighted by molar-refractivity contribution is 7.90. The van der Waals surface area contributed by atoms with Gasteiger partial charge < -0.3 is 5.73 Å². The maximum atomic E-state index is 13.1. The Morgan fingerprint density at radius 2 is 1.71 bits per heavy atom. The SMILES string of the molecule is NC(=NS(=O)(=O)c1ccc(F)c(Cl)c1)c1ccc(Cl)cc1. The minimum atomic E-state index is -4.08. The second-order valence-corrected chi connectivity index (χ2v) is 6.48. The fraction of sp³-hybridized carbons (Fsp3) is 0. The molecule has 110 valence electrons. The number of halogens is 3. The van der Waals surface area contributed by atoms with E-state index in [-0.39, 0.29) is 15.8 Å². The van der Waals surface area contributed by atoms with Crippen LogP contribution in [0.1, 0.15) is 5.56 Å². The summed E-state index contributed by atoms with van der Waals surface area (Å²) in [6, 6.07) is 9.17. The van der Waals surface area contributed by atoms with Crippen molar-refractivity contribution in [2.45, 2.75) is 4.90 Å². The summed E-state index contributed by atoms with van der Waals surface area (Å²) in [5.41, 5.74) is 6.06. The Bertz CT molecular complexity index is 805. The number of nitrogens with two attached hydrogens (primary N) is 1. The molecule has 8 heteroatoms. The number of sulfonamides is 1. The van der Waals surface area contributed by atoms with Gasteiger partial charge in [0.25, 0.3) is 10.0 Å². The Morgan fingerprint density at radius 3 is 2.29 bits per heavy atom. The molecule has 0 bridgehead atoms. The Balaban J connectivity index is 2.41. The Labute approximate surface area is 131 Å². The highest BCUT2D eigenvalue weighted by atomic mass is 35.5. The highest BCUT2D eigenvalue weighted by Crippen LogP contribution is 2.21. The minimum absolute atomic E-state index is 0.202. The van der Waals surface area contributed by atoms with Crippen LogP contribution in [0.25, 0.3) is 0 Å². The Kier molecular flexibility index (Phi) is 4.51. The molecule has 0 aliphatic rings. The maximum absolute atomic E-state index is 13.1. The van der Waals surface area contributed by atoms with Crippen LogP contribution in [0.2, 0.25) is 10.0 Å². The highest BCUT2D eigenvalue weighted by Gasteiger charge is 2.16. The molecule has 0 amide bonds. The smallest absolute Gasteiger partial charge is 0.284 e. The summed E-state index contributed by atoms with van der Waals surface area (Å²) < 4.78 is 40.7. The van der Waals surface area contributed by atoms with Crippen LogP contribution in [0.15, 0.2) is 51.8 Å². The zero-order valence-electron chi connectivity index (χ0n) is 10.4. The number of rotatable bonds is 3. The van der Waals surface area contributed by atoms with Crippen LogP contribution in [0.5, 0.6) is 0 Å². The third-order valence-electron chi connectivity index (χ3n) is 2.55. The molecule has 0 spiro atoms. The summed E-state index contributed by atoms with van der Waals surface area (Å²) in [7, 11) is -4.08. The lowest BCUT2D eigenvalue weighted by Gasteiger charge is -2.03. The molecule has 0 unspecified atom stereocenters. The molecule has 0 saturated heterocycles. The van der Waals surface area contributed by atoms with Gasteiger partial charge in [-0.15, -0.1) is 4.40 Å². The first kappa shape index (κ1) is 15.8. The normalized spacial score (nSPS) is 12.4. The number of hydrogen-bond acceptors (Lipinski definition) is 2. The van der Waals surface area contributed by atoms with Crippen LogP contribution in [-0.4, -0.2) is 14.3 Å². The predicted molar refractivity (Wildman–Crippen MR) is 80.8 cm³/mol. The lowest BCUT2D eigenvalue weighted by molar-refractivity contribution is 0.596. The summed E-state index contributed by atoms with van der Waals surface area (Å²) in [4.78, 5) is -0.245. The summed E-state index contributed by atoms with van der Waals surface area (Å²) in [6.07, 6.45) is 0. The first-order chi connectivity index (χ1) is 9.79. The van der Waals surface area contributed by atoms with Gasteiger partial charge in [0.05, 0.1) is 9.92 Å². The van der Waals surface area contributed by atoms with E-state index in [9.17, 15) is 12.8 Å². The lowest BCUT2D eigenvalue weighted by atomic mass is 10.2. The van der Waals surface area contributed by atoms with Crippen LogP contribution < -0.4 is 5.73 Å². The molecule has 2 rings (SSSR count). The molecule has 0 aliphatic heterocycles. The zero-order valence-corrected chi connectivity index (χ0v) is 12.8. The lowest BCUT2D eigenvalue weighted by Crippen LogP contribution is -2.16. The van der Waals surface area contributed by atoms with E-state index in [4.69, 9.17) is 28.9 Å². The van der Waals surface area contributed by atoms with Crippen LogP contribution in [0, 0.1) is 5.82 Å². The molecule has 4 nitrogen and oxygen atoms in total. The first-order valence-electron chi connectivity index (χ1n) is 5.61. The van der Waals surface area contributed by atoms with E-state index < -0.39 is 15.8 Å². The van der Waals surface area contributed by atoms with Crippen LogP contribution in [0.3, 0.4) is 0 Å². The monoisotopic (exact) mass is 346 g/mol. The number of nitrogens with zero attached hydrogens (tertiary/aromatic N) is 1. The van der Waals surface area contributed by atoms with Crippen molar-refractivity contribution in [3.63, 3.8) is 0 Å². The quantitative estimate of drug-likeness (QED) is 0.684. The van der Waals surface area contributed by atoms with Gasteiger partial charge in [-0.3, -0.25) is 0 Å². The molecule has 0 heterocycles. The molecule has 0 saturated carbocycles. The predicted octanol–water partition coefficient (Wildman–Crippen LogP) is 3.23. The van der Waals surface area contributed by atoms with Crippen molar-refractivity contribution in [2.24, 2.45) is 10.1 Å². The molecule has 0 fully saturated rings. The molecular formula is C13H9Cl2FN2O2S. The van der Waals surface area contributed by atoms with Gasteiger partial charge in [0, 0.05) is 10.6 Å². The van der Waals surface area contributed by atoms with Crippen LogP contribution in [0.4, 0.5) is 4.39 Å². The van der Waals surface area contributed by atoms with Crippen molar-refractivity contribution in [1.29, 1.82) is 0 Å². The van der Waals surface area contributed by atoms with Gasteiger partial charge in [-0.1, -0.05) is 23.2 Å². The minimum Gasteiger partial charge on any atom is -0.383 e. The van der Waals surface area contributed by atoms with Crippen molar-refractivity contribution >= 4 is 39.1 Å². The third-order valence-corrected chi connectivity index (χ3v) is 4.38. The van der Waals surface area contributed by atoms with Gasteiger partial charge >= 0.3 is 0 Å². The molecule has 2 N–H and O–H groups in total. The number of benzene rings is 2. The second-order valence-electron chi connectivity index (χ2n) is 4.03. The Hall–Kier alpha value is -1.63. The van der Waals surface area contributed by atoms with Crippen molar-refractivity contribution in [3.05, 3.63) is 63.9 Å². The molecule has 0 radical (unpaired) electrons. The third kappa shape index (κ3) is 3.72. The van der Waals surface area contributed by atoms with Crippen LogP contribution in [-0.2, 0) is 10.0 Å². The van der Waals surface area contributed by atoms with E-state index >= 15 is 0 Å². The molecular weight excluding hydrogens is 338 g/mol. The fourth-order valence-corrected chi connectivity index (χ4v) is 2.84.